The average molecular weight is 390 g/mol. The maximum Gasteiger partial charge on any atom is 0.248 e. The molecule has 5 nitrogen and oxygen atoms in total. The Balaban J connectivity index is 2.14. The van der Waals surface area contributed by atoms with Gasteiger partial charge in [-0.3, -0.25) is 4.79 Å². The molecule has 0 fully saturated rings. The smallest absolute Gasteiger partial charge is 0.248 e. The summed E-state index contributed by atoms with van der Waals surface area (Å²) in [5, 5.41) is 3.38. The molecule has 0 heterocycles. The van der Waals surface area contributed by atoms with E-state index in [9.17, 15) is 4.79 Å². The van der Waals surface area contributed by atoms with E-state index in [0.29, 0.717) is 28.0 Å². The van der Waals surface area contributed by atoms with Crippen molar-refractivity contribution in [2.24, 2.45) is 0 Å². The van der Waals surface area contributed by atoms with E-state index in [1.807, 2.05) is 39.0 Å². The zero-order valence-corrected chi connectivity index (χ0v) is 16.9. The highest BCUT2D eigenvalue weighted by atomic mass is 35.5. The van der Waals surface area contributed by atoms with Crippen molar-refractivity contribution < 1.29 is 19.0 Å². The molecule has 27 heavy (non-hydrogen) atoms. The van der Waals surface area contributed by atoms with Crippen LogP contribution in [0, 0.1) is 6.92 Å². The number of benzene rings is 2. The summed E-state index contributed by atoms with van der Waals surface area (Å²) in [4.78, 5) is 12.3. The first-order valence-corrected chi connectivity index (χ1v) is 8.89. The number of ether oxygens (including phenoxy) is 3. The molecule has 1 N–H and O–H groups in total. The van der Waals surface area contributed by atoms with E-state index in [2.05, 4.69) is 5.32 Å². The number of amides is 1. The maximum atomic E-state index is 12.3. The number of anilines is 1. The van der Waals surface area contributed by atoms with Gasteiger partial charge < -0.3 is 19.5 Å². The molecule has 0 radical (unpaired) electrons. The van der Waals surface area contributed by atoms with Crippen LogP contribution >= 0.6 is 11.6 Å². The molecule has 2 aromatic rings. The minimum absolute atomic E-state index is 0.0453. The van der Waals surface area contributed by atoms with Gasteiger partial charge in [0.1, 0.15) is 5.75 Å². The first-order valence-electron chi connectivity index (χ1n) is 8.52. The molecule has 0 unspecified atom stereocenters. The zero-order valence-electron chi connectivity index (χ0n) is 16.1. The largest absolute Gasteiger partial charge is 0.495 e. The Kier molecular flexibility index (Phi) is 7.13. The highest BCUT2D eigenvalue weighted by molar-refractivity contribution is 6.31. The Morgan fingerprint density at radius 3 is 2.41 bits per heavy atom. The van der Waals surface area contributed by atoms with E-state index in [4.69, 9.17) is 25.8 Å². The number of rotatable bonds is 7. The molecule has 1 amide bonds. The van der Waals surface area contributed by atoms with Gasteiger partial charge in [-0.05, 0) is 56.2 Å². The van der Waals surface area contributed by atoms with Crippen LogP contribution in [0.2, 0.25) is 5.02 Å². The normalized spacial score (nSPS) is 10.9. The van der Waals surface area contributed by atoms with Gasteiger partial charge >= 0.3 is 0 Å². The predicted octanol–water partition coefficient (Wildman–Crippen LogP) is 5.10. The van der Waals surface area contributed by atoms with Gasteiger partial charge in [-0.25, -0.2) is 0 Å². The maximum absolute atomic E-state index is 12.3. The molecule has 0 aliphatic carbocycles. The number of carbonyl (C=O) groups excluding carboxylic acids is 1. The fourth-order valence-electron chi connectivity index (χ4n) is 2.42. The van der Waals surface area contributed by atoms with Crippen molar-refractivity contribution in [3.8, 4) is 17.2 Å². The predicted molar refractivity (Wildman–Crippen MR) is 109 cm³/mol. The molecule has 2 rings (SSSR count). The summed E-state index contributed by atoms with van der Waals surface area (Å²) in [6.45, 7) is 5.76. The summed E-state index contributed by atoms with van der Waals surface area (Å²) in [5.74, 6) is 1.50. The van der Waals surface area contributed by atoms with E-state index in [-0.39, 0.29) is 12.0 Å². The molecule has 144 valence electrons. The summed E-state index contributed by atoms with van der Waals surface area (Å²) in [6, 6.07) is 8.94. The van der Waals surface area contributed by atoms with Crippen LogP contribution in [0.3, 0.4) is 0 Å². The summed E-state index contributed by atoms with van der Waals surface area (Å²) in [5.41, 5.74) is 2.23. The lowest BCUT2D eigenvalue weighted by Gasteiger charge is -2.13. The van der Waals surface area contributed by atoms with Crippen molar-refractivity contribution in [2.45, 2.75) is 26.9 Å². The number of aryl methyl sites for hydroxylation is 1. The first kappa shape index (κ1) is 20.6. The number of carbonyl (C=O) groups is 1. The molecule has 0 bridgehead atoms. The minimum Gasteiger partial charge on any atom is -0.495 e. The lowest BCUT2D eigenvalue weighted by molar-refractivity contribution is -0.111. The lowest BCUT2D eigenvalue weighted by Crippen LogP contribution is -2.09. The van der Waals surface area contributed by atoms with Crippen LogP contribution in [0.25, 0.3) is 6.08 Å². The second-order valence-corrected chi connectivity index (χ2v) is 6.61. The first-order chi connectivity index (χ1) is 12.8. The summed E-state index contributed by atoms with van der Waals surface area (Å²) >= 11 is 6.09. The second-order valence-electron chi connectivity index (χ2n) is 6.20. The monoisotopic (exact) mass is 389 g/mol. The average Bonchev–Trinajstić information content (AvgIpc) is 2.63. The van der Waals surface area contributed by atoms with Crippen LogP contribution in [-0.4, -0.2) is 26.2 Å². The fraction of sp³-hybridized carbons (Fsp3) is 0.286. The molecule has 0 aliphatic rings. The number of hydrogen-bond acceptors (Lipinski definition) is 4. The van der Waals surface area contributed by atoms with E-state index >= 15 is 0 Å². The van der Waals surface area contributed by atoms with Gasteiger partial charge in [0.05, 0.1) is 26.0 Å². The van der Waals surface area contributed by atoms with Crippen molar-refractivity contribution in [1.82, 2.24) is 0 Å². The molecule has 0 saturated carbocycles. The highest BCUT2D eigenvalue weighted by Gasteiger charge is 2.10. The molecule has 0 aliphatic heterocycles. The van der Waals surface area contributed by atoms with Crippen LogP contribution in [-0.2, 0) is 4.79 Å². The van der Waals surface area contributed by atoms with Crippen LogP contribution < -0.4 is 19.5 Å². The molecular formula is C21H24ClNO4. The third-order valence-corrected chi connectivity index (χ3v) is 4.12. The van der Waals surface area contributed by atoms with Gasteiger partial charge in [-0.1, -0.05) is 17.7 Å². The molecular weight excluding hydrogens is 366 g/mol. The van der Waals surface area contributed by atoms with E-state index in [1.165, 1.54) is 13.2 Å². The third-order valence-electron chi connectivity index (χ3n) is 3.72. The number of methoxy groups -OCH3 is 2. The Hall–Kier alpha value is -2.66. The van der Waals surface area contributed by atoms with Gasteiger partial charge in [0.15, 0.2) is 11.5 Å². The standard InChI is InChI=1S/C21H24ClNO4/c1-13(2)27-18-8-6-15(11-20(18)26-5)7-9-21(24)23-17-10-14(3)16(22)12-19(17)25-4/h6-13H,1-5H3,(H,23,24)/b9-7+. The molecule has 0 spiro atoms. The van der Waals surface area contributed by atoms with E-state index in [1.54, 1.807) is 25.3 Å². The van der Waals surface area contributed by atoms with Gasteiger partial charge in [0.2, 0.25) is 5.91 Å². The molecule has 6 heteroatoms. The van der Waals surface area contributed by atoms with Crippen molar-refractivity contribution in [3.05, 3.63) is 52.6 Å². The second kappa shape index (κ2) is 9.33. The Labute approximate surface area is 164 Å². The SMILES string of the molecule is COc1cc(Cl)c(C)cc1NC(=O)/C=C/c1ccc(OC(C)C)c(OC)c1. The van der Waals surface area contributed by atoms with Crippen molar-refractivity contribution in [2.75, 3.05) is 19.5 Å². The number of halogens is 1. The van der Waals surface area contributed by atoms with Crippen LogP contribution in [0.4, 0.5) is 5.69 Å². The molecule has 0 aromatic heterocycles. The van der Waals surface area contributed by atoms with Gasteiger partial charge in [-0.2, -0.15) is 0 Å². The number of nitrogens with one attached hydrogen (secondary N) is 1. The third kappa shape index (κ3) is 5.66. The minimum atomic E-state index is -0.281. The summed E-state index contributed by atoms with van der Waals surface area (Å²) < 4.78 is 16.3. The van der Waals surface area contributed by atoms with Crippen molar-refractivity contribution in [1.29, 1.82) is 0 Å². The quantitative estimate of drug-likeness (QED) is 0.669. The topological polar surface area (TPSA) is 56.8 Å². The van der Waals surface area contributed by atoms with Gasteiger partial charge in [-0.15, -0.1) is 0 Å². The Morgan fingerprint density at radius 1 is 1.07 bits per heavy atom. The zero-order chi connectivity index (χ0) is 20.0. The van der Waals surface area contributed by atoms with Crippen LogP contribution in [0.15, 0.2) is 36.4 Å². The van der Waals surface area contributed by atoms with Gasteiger partial charge in [0.25, 0.3) is 0 Å². The lowest BCUT2D eigenvalue weighted by atomic mass is 10.1. The van der Waals surface area contributed by atoms with Crippen LogP contribution in [0.1, 0.15) is 25.0 Å². The summed E-state index contributed by atoms with van der Waals surface area (Å²) in [7, 11) is 3.11. The number of hydrogen-bond donors (Lipinski definition) is 1. The molecule has 2 aromatic carbocycles. The summed E-state index contributed by atoms with van der Waals surface area (Å²) in [6.07, 6.45) is 3.19. The fourth-order valence-corrected chi connectivity index (χ4v) is 2.57. The molecule has 0 saturated heterocycles. The molecule has 0 atom stereocenters. The van der Waals surface area contributed by atoms with E-state index < -0.39 is 0 Å². The van der Waals surface area contributed by atoms with Crippen molar-refractivity contribution in [3.63, 3.8) is 0 Å². The Bertz CT molecular complexity index is 846. The highest BCUT2D eigenvalue weighted by Crippen LogP contribution is 2.31. The van der Waals surface area contributed by atoms with E-state index in [0.717, 1.165) is 11.1 Å². The van der Waals surface area contributed by atoms with Gasteiger partial charge in [0, 0.05) is 17.2 Å². The van der Waals surface area contributed by atoms with Crippen molar-refractivity contribution >= 4 is 29.3 Å². The Morgan fingerprint density at radius 2 is 1.78 bits per heavy atom. The van der Waals surface area contributed by atoms with Crippen LogP contribution in [0.5, 0.6) is 17.2 Å².